The Morgan fingerprint density at radius 1 is 1.40 bits per heavy atom. The molecular weight excluding hydrogens is 188 g/mol. The van der Waals surface area contributed by atoms with Crippen LogP contribution in [0.25, 0.3) is 0 Å². The molecule has 2 N–H and O–H groups in total. The van der Waals surface area contributed by atoms with Gasteiger partial charge in [0.1, 0.15) is 0 Å². The summed E-state index contributed by atoms with van der Waals surface area (Å²) >= 11 is 0. The molecule has 82 valence electrons. The minimum Gasteiger partial charge on any atom is -0.398 e. The highest BCUT2D eigenvalue weighted by molar-refractivity contribution is 5.78. The predicted octanol–water partition coefficient (Wildman–Crippen LogP) is 1.46. The first-order valence-electron chi connectivity index (χ1n) is 5.12. The molecule has 1 rings (SSSR count). The van der Waals surface area contributed by atoms with Crippen molar-refractivity contribution in [2.75, 3.05) is 19.8 Å². The summed E-state index contributed by atoms with van der Waals surface area (Å²) in [5.41, 5.74) is 8.75. The van der Waals surface area contributed by atoms with E-state index >= 15 is 0 Å². The van der Waals surface area contributed by atoms with Crippen molar-refractivity contribution in [2.24, 2.45) is 0 Å². The van der Waals surface area contributed by atoms with Gasteiger partial charge in [0.05, 0.1) is 6.42 Å². The number of nitrogens with two attached hydrogens (primary N) is 1. The molecule has 0 aliphatic heterocycles. The lowest BCUT2D eigenvalue weighted by Crippen LogP contribution is -2.23. The number of likely N-dealkylation sites (N-methyl/N-ethyl adjacent to an activating group) is 1. The Kier molecular flexibility index (Phi) is 3.72. The van der Waals surface area contributed by atoms with Gasteiger partial charge in [-0.05, 0) is 23.6 Å². The van der Waals surface area contributed by atoms with Crippen LogP contribution in [0, 0.1) is 0 Å². The van der Waals surface area contributed by atoms with Crippen LogP contribution in [-0.4, -0.2) is 24.9 Å². The fourth-order valence-electron chi connectivity index (χ4n) is 1.41. The first-order chi connectivity index (χ1) is 7.04. The molecule has 15 heavy (non-hydrogen) atoms. The second kappa shape index (κ2) is 4.82. The van der Waals surface area contributed by atoms with Crippen LogP contribution < -0.4 is 5.73 Å². The molecule has 0 aliphatic carbocycles. The van der Waals surface area contributed by atoms with Gasteiger partial charge < -0.3 is 10.6 Å². The van der Waals surface area contributed by atoms with Crippen LogP contribution in [0.5, 0.6) is 0 Å². The fraction of sp³-hybridized carbons (Fsp3) is 0.417. The van der Waals surface area contributed by atoms with E-state index in [0.717, 1.165) is 23.2 Å². The van der Waals surface area contributed by atoms with Gasteiger partial charge in [0, 0.05) is 19.8 Å². The van der Waals surface area contributed by atoms with Crippen molar-refractivity contribution in [1.82, 2.24) is 4.90 Å². The molecule has 0 aromatic heterocycles. The topological polar surface area (TPSA) is 46.3 Å². The van der Waals surface area contributed by atoms with Crippen LogP contribution in [0.3, 0.4) is 0 Å². The number of amides is 1. The van der Waals surface area contributed by atoms with Crippen LogP contribution in [0.1, 0.15) is 18.1 Å². The van der Waals surface area contributed by atoms with Crippen molar-refractivity contribution >= 4 is 11.6 Å². The Bertz CT molecular complexity index is 359. The van der Waals surface area contributed by atoms with Crippen molar-refractivity contribution < 1.29 is 4.79 Å². The minimum absolute atomic E-state index is 0.0960. The summed E-state index contributed by atoms with van der Waals surface area (Å²) in [5, 5.41) is 0. The smallest absolute Gasteiger partial charge is 0.226 e. The van der Waals surface area contributed by atoms with Gasteiger partial charge in [-0.25, -0.2) is 0 Å². The standard InChI is InChI=1S/C12H18N2O/c1-4-10-6-5-9(7-11(10)13)8-12(15)14(2)3/h5-7H,4,8,13H2,1-3H3. The maximum atomic E-state index is 11.5. The number of rotatable bonds is 3. The molecule has 0 saturated heterocycles. The average Bonchev–Trinajstić information content (AvgIpc) is 2.18. The predicted molar refractivity (Wildman–Crippen MR) is 62.6 cm³/mol. The van der Waals surface area contributed by atoms with Gasteiger partial charge in [-0.2, -0.15) is 0 Å². The number of carbonyl (C=O) groups excluding carboxylic acids is 1. The van der Waals surface area contributed by atoms with Gasteiger partial charge in [0.15, 0.2) is 0 Å². The van der Waals surface area contributed by atoms with E-state index in [1.165, 1.54) is 0 Å². The number of benzene rings is 1. The van der Waals surface area contributed by atoms with Gasteiger partial charge >= 0.3 is 0 Å². The van der Waals surface area contributed by atoms with E-state index < -0.39 is 0 Å². The summed E-state index contributed by atoms with van der Waals surface area (Å²) < 4.78 is 0. The van der Waals surface area contributed by atoms with Gasteiger partial charge in [0.2, 0.25) is 5.91 Å². The molecule has 0 fully saturated rings. The molecule has 0 heterocycles. The normalized spacial score (nSPS) is 10.1. The van der Waals surface area contributed by atoms with E-state index in [0.29, 0.717) is 6.42 Å². The quantitative estimate of drug-likeness (QED) is 0.761. The molecule has 0 bridgehead atoms. The maximum Gasteiger partial charge on any atom is 0.226 e. The summed E-state index contributed by atoms with van der Waals surface area (Å²) in [6, 6.07) is 5.85. The summed E-state index contributed by atoms with van der Waals surface area (Å²) in [6.07, 6.45) is 1.34. The highest BCUT2D eigenvalue weighted by atomic mass is 16.2. The van der Waals surface area contributed by atoms with Crippen LogP contribution in [0.4, 0.5) is 5.69 Å². The maximum absolute atomic E-state index is 11.5. The molecule has 3 heteroatoms. The van der Waals surface area contributed by atoms with E-state index in [4.69, 9.17) is 5.73 Å². The summed E-state index contributed by atoms with van der Waals surface area (Å²) in [7, 11) is 3.51. The van der Waals surface area contributed by atoms with Crippen LogP contribution in [0.15, 0.2) is 18.2 Å². The number of aryl methyl sites for hydroxylation is 1. The zero-order chi connectivity index (χ0) is 11.4. The van der Waals surface area contributed by atoms with Crippen LogP contribution >= 0.6 is 0 Å². The Balaban J connectivity index is 2.80. The van der Waals surface area contributed by atoms with E-state index in [-0.39, 0.29) is 5.91 Å². The number of nitrogens with zero attached hydrogens (tertiary/aromatic N) is 1. The van der Waals surface area contributed by atoms with Crippen LogP contribution in [-0.2, 0) is 17.6 Å². The molecule has 0 unspecified atom stereocenters. The molecule has 1 aromatic carbocycles. The van der Waals surface area contributed by atoms with E-state index in [9.17, 15) is 4.79 Å². The molecule has 0 spiro atoms. The molecule has 0 atom stereocenters. The Morgan fingerprint density at radius 2 is 2.07 bits per heavy atom. The number of hydrogen-bond acceptors (Lipinski definition) is 2. The second-order valence-corrected chi connectivity index (χ2v) is 3.85. The van der Waals surface area contributed by atoms with E-state index in [1.54, 1.807) is 19.0 Å². The molecule has 0 radical (unpaired) electrons. The Morgan fingerprint density at radius 3 is 2.53 bits per heavy atom. The van der Waals surface area contributed by atoms with Gasteiger partial charge in [-0.3, -0.25) is 4.79 Å². The Labute approximate surface area is 90.9 Å². The molecular formula is C12H18N2O. The zero-order valence-corrected chi connectivity index (χ0v) is 9.58. The number of hydrogen-bond donors (Lipinski definition) is 1. The second-order valence-electron chi connectivity index (χ2n) is 3.85. The summed E-state index contributed by atoms with van der Waals surface area (Å²) in [6.45, 7) is 2.07. The third kappa shape index (κ3) is 2.98. The number of carbonyl (C=O) groups is 1. The SMILES string of the molecule is CCc1ccc(CC(=O)N(C)C)cc1N. The third-order valence-electron chi connectivity index (χ3n) is 2.45. The van der Waals surface area contributed by atoms with Crippen molar-refractivity contribution in [2.45, 2.75) is 19.8 Å². The van der Waals surface area contributed by atoms with E-state index in [2.05, 4.69) is 6.92 Å². The lowest BCUT2D eigenvalue weighted by atomic mass is 10.0. The first kappa shape index (κ1) is 11.6. The fourth-order valence-corrected chi connectivity index (χ4v) is 1.41. The third-order valence-corrected chi connectivity index (χ3v) is 2.45. The lowest BCUT2D eigenvalue weighted by Gasteiger charge is -2.11. The van der Waals surface area contributed by atoms with Crippen molar-refractivity contribution in [1.29, 1.82) is 0 Å². The monoisotopic (exact) mass is 206 g/mol. The Hall–Kier alpha value is -1.51. The largest absolute Gasteiger partial charge is 0.398 e. The first-order valence-corrected chi connectivity index (χ1v) is 5.12. The summed E-state index contributed by atoms with van der Waals surface area (Å²) in [5.74, 6) is 0.0960. The molecule has 1 amide bonds. The van der Waals surface area contributed by atoms with Gasteiger partial charge in [-0.15, -0.1) is 0 Å². The molecule has 3 nitrogen and oxygen atoms in total. The van der Waals surface area contributed by atoms with Crippen molar-refractivity contribution in [3.05, 3.63) is 29.3 Å². The number of nitrogen functional groups attached to an aromatic ring is 1. The van der Waals surface area contributed by atoms with Crippen LogP contribution in [0.2, 0.25) is 0 Å². The highest BCUT2D eigenvalue weighted by Crippen LogP contribution is 2.15. The average molecular weight is 206 g/mol. The number of anilines is 1. The molecule has 1 aromatic rings. The lowest BCUT2D eigenvalue weighted by molar-refractivity contribution is -0.127. The van der Waals surface area contributed by atoms with Crippen molar-refractivity contribution in [3.63, 3.8) is 0 Å². The minimum atomic E-state index is 0.0960. The summed E-state index contributed by atoms with van der Waals surface area (Å²) in [4.78, 5) is 13.1. The van der Waals surface area contributed by atoms with Gasteiger partial charge in [-0.1, -0.05) is 19.1 Å². The molecule has 0 aliphatic rings. The highest BCUT2D eigenvalue weighted by Gasteiger charge is 2.06. The van der Waals surface area contributed by atoms with Crippen molar-refractivity contribution in [3.8, 4) is 0 Å². The zero-order valence-electron chi connectivity index (χ0n) is 9.58. The van der Waals surface area contributed by atoms with E-state index in [1.807, 2.05) is 18.2 Å². The molecule has 0 saturated carbocycles. The van der Waals surface area contributed by atoms with Gasteiger partial charge in [0.25, 0.3) is 0 Å².